The molecule has 20 heavy (non-hydrogen) atoms. The lowest BCUT2D eigenvalue weighted by atomic mass is 10.2. The lowest BCUT2D eigenvalue weighted by Crippen LogP contribution is -2.30. The molecule has 0 aliphatic carbocycles. The lowest BCUT2D eigenvalue weighted by molar-refractivity contribution is -0.115. The van der Waals surface area contributed by atoms with Gasteiger partial charge in [-0.2, -0.15) is 21.1 Å². The van der Waals surface area contributed by atoms with Crippen molar-refractivity contribution in [2.24, 2.45) is 0 Å². The first-order valence-corrected chi connectivity index (χ1v) is 9.20. The van der Waals surface area contributed by atoms with Gasteiger partial charge in [0.05, 0.1) is 5.25 Å². The highest BCUT2D eigenvalue weighted by atomic mass is 32.2. The van der Waals surface area contributed by atoms with Gasteiger partial charge in [0.15, 0.2) is 5.82 Å². The average molecular weight is 323 g/mol. The largest absolute Gasteiger partial charge is 0.300 e. The summed E-state index contributed by atoms with van der Waals surface area (Å²) in [7, 11) is 0. The van der Waals surface area contributed by atoms with E-state index in [0.717, 1.165) is 22.8 Å². The molecule has 2 heterocycles. The van der Waals surface area contributed by atoms with Gasteiger partial charge in [-0.3, -0.25) is 10.1 Å². The van der Waals surface area contributed by atoms with Crippen LogP contribution in [0.15, 0.2) is 30.3 Å². The molecule has 1 aromatic carbocycles. The van der Waals surface area contributed by atoms with Crippen LogP contribution >= 0.6 is 35.1 Å². The molecule has 104 valence electrons. The van der Waals surface area contributed by atoms with E-state index >= 15 is 0 Å². The van der Waals surface area contributed by atoms with E-state index in [4.69, 9.17) is 0 Å². The van der Waals surface area contributed by atoms with Crippen molar-refractivity contribution in [1.82, 2.24) is 9.36 Å². The average Bonchev–Trinajstić information content (AvgIpc) is 2.97. The van der Waals surface area contributed by atoms with Crippen LogP contribution in [0.3, 0.4) is 0 Å². The molecule has 1 amide bonds. The molecule has 2 aromatic rings. The second-order valence-electron chi connectivity index (χ2n) is 4.21. The Morgan fingerprint density at radius 1 is 1.25 bits per heavy atom. The Labute approximate surface area is 129 Å². The second kappa shape index (κ2) is 6.60. The molecule has 1 atom stereocenters. The minimum Gasteiger partial charge on any atom is -0.300 e. The van der Waals surface area contributed by atoms with Crippen LogP contribution in [0.25, 0.3) is 11.4 Å². The van der Waals surface area contributed by atoms with Crippen molar-refractivity contribution in [3.63, 3.8) is 0 Å². The maximum absolute atomic E-state index is 12.1. The molecule has 0 unspecified atom stereocenters. The minimum atomic E-state index is 0.0258. The molecule has 7 heteroatoms. The van der Waals surface area contributed by atoms with Crippen molar-refractivity contribution < 1.29 is 4.79 Å². The summed E-state index contributed by atoms with van der Waals surface area (Å²) in [5, 5.41) is 3.47. The minimum absolute atomic E-state index is 0.0258. The number of nitrogens with zero attached hydrogens (tertiary/aromatic N) is 2. The van der Waals surface area contributed by atoms with Gasteiger partial charge in [0.1, 0.15) is 0 Å². The van der Waals surface area contributed by atoms with Crippen molar-refractivity contribution >= 4 is 46.1 Å². The van der Waals surface area contributed by atoms with Gasteiger partial charge in [0.2, 0.25) is 11.0 Å². The molecular weight excluding hydrogens is 310 g/mol. The van der Waals surface area contributed by atoms with Gasteiger partial charge >= 0.3 is 0 Å². The second-order valence-corrected chi connectivity index (χ2v) is 7.43. The molecule has 1 aliphatic rings. The molecular formula is C13H13N3OS3. The highest BCUT2D eigenvalue weighted by Gasteiger charge is 2.23. The maximum Gasteiger partial charge on any atom is 0.240 e. The third-order valence-electron chi connectivity index (χ3n) is 2.80. The van der Waals surface area contributed by atoms with Crippen molar-refractivity contribution in [1.29, 1.82) is 0 Å². The van der Waals surface area contributed by atoms with Gasteiger partial charge in [-0.1, -0.05) is 30.3 Å². The third kappa shape index (κ3) is 3.34. The van der Waals surface area contributed by atoms with E-state index in [0.29, 0.717) is 11.0 Å². The maximum atomic E-state index is 12.1. The summed E-state index contributed by atoms with van der Waals surface area (Å²) >= 11 is 4.77. The Kier molecular flexibility index (Phi) is 4.59. The normalized spacial score (nSPS) is 18.7. The number of carbonyl (C=O) groups excluding carboxylic acids is 1. The predicted molar refractivity (Wildman–Crippen MR) is 87.5 cm³/mol. The van der Waals surface area contributed by atoms with E-state index in [1.54, 1.807) is 11.8 Å². The van der Waals surface area contributed by atoms with Gasteiger partial charge in [-0.25, -0.2) is 0 Å². The Morgan fingerprint density at radius 2 is 2.10 bits per heavy atom. The molecule has 0 saturated carbocycles. The van der Waals surface area contributed by atoms with E-state index in [9.17, 15) is 4.79 Å². The van der Waals surface area contributed by atoms with Crippen molar-refractivity contribution in [3.05, 3.63) is 30.3 Å². The predicted octanol–water partition coefficient (Wildman–Crippen LogP) is 2.99. The fourth-order valence-electron chi connectivity index (χ4n) is 1.80. The van der Waals surface area contributed by atoms with E-state index in [1.807, 2.05) is 42.1 Å². The van der Waals surface area contributed by atoms with Gasteiger partial charge in [0, 0.05) is 34.4 Å². The van der Waals surface area contributed by atoms with E-state index in [-0.39, 0.29) is 11.2 Å². The number of hydrogen-bond donors (Lipinski definition) is 1. The Hall–Kier alpha value is -1.05. The number of thioether (sulfide) groups is 2. The summed E-state index contributed by atoms with van der Waals surface area (Å²) in [6.07, 6.45) is 0. The number of nitrogens with one attached hydrogen (secondary N) is 1. The van der Waals surface area contributed by atoms with E-state index in [1.165, 1.54) is 11.5 Å². The number of carbonyl (C=O) groups is 1. The molecule has 1 fully saturated rings. The summed E-state index contributed by atoms with van der Waals surface area (Å²) < 4.78 is 4.29. The summed E-state index contributed by atoms with van der Waals surface area (Å²) in [6, 6.07) is 9.77. The van der Waals surface area contributed by atoms with Crippen LogP contribution in [0.1, 0.15) is 0 Å². The molecule has 4 nitrogen and oxygen atoms in total. The zero-order valence-corrected chi connectivity index (χ0v) is 13.1. The quantitative estimate of drug-likeness (QED) is 0.941. The lowest BCUT2D eigenvalue weighted by Gasteiger charge is -2.19. The standard InChI is InChI=1S/C13H13N3OS3/c17-12(10-8-18-6-7-19-10)15-13-14-11(16-20-13)9-4-2-1-3-5-9/h1-5,10H,6-8H2,(H,14,15,16,17)/t10-/m1/s1. The van der Waals surface area contributed by atoms with Crippen molar-refractivity contribution in [2.45, 2.75) is 5.25 Å². The molecule has 0 bridgehead atoms. The Bertz CT molecular complexity index is 582. The number of hydrogen-bond acceptors (Lipinski definition) is 6. The molecule has 0 radical (unpaired) electrons. The molecule has 1 aliphatic heterocycles. The van der Waals surface area contributed by atoms with Crippen molar-refractivity contribution in [3.8, 4) is 11.4 Å². The summed E-state index contributed by atoms with van der Waals surface area (Å²) in [6.45, 7) is 0. The first-order chi connectivity index (χ1) is 9.83. The molecule has 0 spiro atoms. The number of rotatable bonds is 3. The monoisotopic (exact) mass is 323 g/mol. The van der Waals surface area contributed by atoms with Crippen LogP contribution in [-0.2, 0) is 4.79 Å². The Balaban J connectivity index is 1.66. The molecule has 3 rings (SSSR count). The fourth-order valence-corrected chi connectivity index (χ4v) is 4.95. The van der Waals surface area contributed by atoms with Crippen LogP contribution in [0.4, 0.5) is 5.13 Å². The first kappa shape index (κ1) is 13.9. The summed E-state index contributed by atoms with van der Waals surface area (Å²) in [5.74, 6) is 3.75. The van der Waals surface area contributed by atoms with Gasteiger partial charge in [-0.15, -0.1) is 11.8 Å². The Morgan fingerprint density at radius 3 is 2.85 bits per heavy atom. The number of aromatic nitrogens is 2. The SMILES string of the molecule is O=C(Nc1nc(-c2ccccc2)ns1)[C@H]1CSCCS1. The molecule has 1 saturated heterocycles. The number of anilines is 1. The highest BCUT2D eigenvalue weighted by molar-refractivity contribution is 8.07. The fraction of sp³-hybridized carbons (Fsp3) is 0.308. The number of benzene rings is 1. The van der Waals surface area contributed by atoms with Crippen LogP contribution in [-0.4, -0.2) is 37.8 Å². The molecule has 1 aromatic heterocycles. The summed E-state index contributed by atoms with van der Waals surface area (Å²) in [4.78, 5) is 16.5. The van der Waals surface area contributed by atoms with Crippen LogP contribution in [0.5, 0.6) is 0 Å². The van der Waals surface area contributed by atoms with Crippen LogP contribution < -0.4 is 5.32 Å². The zero-order valence-electron chi connectivity index (χ0n) is 10.6. The van der Waals surface area contributed by atoms with Gasteiger partial charge in [-0.05, 0) is 0 Å². The summed E-state index contributed by atoms with van der Waals surface area (Å²) in [5.41, 5.74) is 0.965. The highest BCUT2D eigenvalue weighted by Crippen LogP contribution is 2.26. The first-order valence-electron chi connectivity index (χ1n) is 6.22. The van der Waals surface area contributed by atoms with E-state index in [2.05, 4.69) is 14.7 Å². The van der Waals surface area contributed by atoms with Crippen LogP contribution in [0, 0.1) is 0 Å². The number of amides is 1. The topological polar surface area (TPSA) is 54.9 Å². The third-order valence-corrected chi connectivity index (χ3v) is 6.18. The van der Waals surface area contributed by atoms with Crippen LogP contribution in [0.2, 0.25) is 0 Å². The van der Waals surface area contributed by atoms with Crippen molar-refractivity contribution in [2.75, 3.05) is 22.6 Å². The smallest absolute Gasteiger partial charge is 0.240 e. The van der Waals surface area contributed by atoms with Gasteiger partial charge in [0.25, 0.3) is 0 Å². The van der Waals surface area contributed by atoms with E-state index < -0.39 is 0 Å². The van der Waals surface area contributed by atoms with Gasteiger partial charge < -0.3 is 0 Å². The zero-order chi connectivity index (χ0) is 13.8. The molecule has 1 N–H and O–H groups in total.